The van der Waals surface area contributed by atoms with Gasteiger partial charge in [0.1, 0.15) is 5.70 Å². The molecule has 124 valence electrons. The van der Waals surface area contributed by atoms with Crippen molar-refractivity contribution in [1.29, 1.82) is 0 Å². The van der Waals surface area contributed by atoms with Crippen LogP contribution in [0.1, 0.15) is 15.9 Å². The number of rotatable bonds is 5. The fourth-order valence-corrected chi connectivity index (χ4v) is 2.08. The van der Waals surface area contributed by atoms with Gasteiger partial charge in [0.15, 0.2) is 0 Å². The van der Waals surface area contributed by atoms with Crippen LogP contribution >= 0.6 is 0 Å². The standard InChI is InChI=1S/C19H20N2O3/c1-21(2)16-11-9-14(10-12-16)13-17(19(23)24-3)20-18(22)15-7-5-4-6-8-15/h4-13H,1-3H3,(H,20,22)/b17-13-. The Morgan fingerprint density at radius 2 is 1.62 bits per heavy atom. The van der Waals surface area contributed by atoms with Crippen molar-refractivity contribution in [3.8, 4) is 0 Å². The Labute approximate surface area is 141 Å². The first-order valence-corrected chi connectivity index (χ1v) is 7.45. The van der Waals surface area contributed by atoms with E-state index in [2.05, 4.69) is 5.32 Å². The fraction of sp³-hybridized carbons (Fsp3) is 0.158. The Bertz CT molecular complexity index is 735. The highest BCUT2D eigenvalue weighted by atomic mass is 16.5. The average molecular weight is 324 g/mol. The van der Waals surface area contributed by atoms with Crippen LogP contribution in [0.25, 0.3) is 6.08 Å². The van der Waals surface area contributed by atoms with Gasteiger partial charge in [-0.25, -0.2) is 4.79 Å². The molecule has 0 unspecified atom stereocenters. The minimum Gasteiger partial charge on any atom is -0.464 e. The van der Waals surface area contributed by atoms with Crippen LogP contribution in [0.5, 0.6) is 0 Å². The third kappa shape index (κ3) is 4.46. The molecule has 0 atom stereocenters. The van der Waals surface area contributed by atoms with E-state index >= 15 is 0 Å². The molecule has 5 heteroatoms. The van der Waals surface area contributed by atoms with Crippen LogP contribution < -0.4 is 10.2 Å². The molecular formula is C19H20N2O3. The van der Waals surface area contributed by atoms with Crippen LogP contribution in [0.4, 0.5) is 5.69 Å². The van der Waals surface area contributed by atoms with E-state index in [1.807, 2.05) is 49.3 Å². The molecule has 0 heterocycles. The Balaban J connectivity index is 2.24. The highest BCUT2D eigenvalue weighted by Crippen LogP contribution is 2.14. The Kier molecular flexibility index (Phi) is 5.73. The lowest BCUT2D eigenvalue weighted by molar-refractivity contribution is -0.136. The molecule has 0 aromatic heterocycles. The summed E-state index contributed by atoms with van der Waals surface area (Å²) in [6.45, 7) is 0. The molecular weight excluding hydrogens is 304 g/mol. The first-order valence-electron chi connectivity index (χ1n) is 7.45. The summed E-state index contributed by atoms with van der Waals surface area (Å²) in [6, 6.07) is 16.3. The molecule has 2 rings (SSSR count). The molecule has 0 radical (unpaired) electrons. The number of carbonyl (C=O) groups is 2. The van der Waals surface area contributed by atoms with E-state index in [4.69, 9.17) is 4.74 Å². The number of hydrogen-bond donors (Lipinski definition) is 1. The zero-order valence-corrected chi connectivity index (χ0v) is 13.9. The van der Waals surface area contributed by atoms with Crippen molar-refractivity contribution < 1.29 is 14.3 Å². The molecule has 24 heavy (non-hydrogen) atoms. The lowest BCUT2D eigenvalue weighted by Crippen LogP contribution is -2.28. The molecule has 0 bridgehead atoms. The topological polar surface area (TPSA) is 58.6 Å². The van der Waals surface area contributed by atoms with Crippen LogP contribution in [0.15, 0.2) is 60.3 Å². The molecule has 2 aromatic rings. The number of hydrogen-bond acceptors (Lipinski definition) is 4. The van der Waals surface area contributed by atoms with Crippen LogP contribution in [-0.2, 0) is 9.53 Å². The van der Waals surface area contributed by atoms with Crippen molar-refractivity contribution in [3.05, 3.63) is 71.4 Å². The number of nitrogens with zero attached hydrogens (tertiary/aromatic N) is 1. The summed E-state index contributed by atoms with van der Waals surface area (Å²) in [6.07, 6.45) is 1.59. The monoisotopic (exact) mass is 324 g/mol. The van der Waals surface area contributed by atoms with Crippen LogP contribution in [0.2, 0.25) is 0 Å². The molecule has 0 aliphatic rings. The second-order valence-electron chi connectivity index (χ2n) is 5.36. The largest absolute Gasteiger partial charge is 0.464 e. The first kappa shape index (κ1) is 17.3. The quantitative estimate of drug-likeness (QED) is 0.679. The van der Waals surface area contributed by atoms with Gasteiger partial charge in [0.25, 0.3) is 5.91 Å². The number of carbonyl (C=O) groups excluding carboxylic acids is 2. The second-order valence-corrected chi connectivity index (χ2v) is 5.36. The maximum Gasteiger partial charge on any atom is 0.354 e. The lowest BCUT2D eigenvalue weighted by atomic mass is 10.1. The fourth-order valence-electron chi connectivity index (χ4n) is 2.08. The number of amides is 1. The predicted molar refractivity (Wildman–Crippen MR) is 94.7 cm³/mol. The number of esters is 1. The Morgan fingerprint density at radius 1 is 1.00 bits per heavy atom. The van der Waals surface area contributed by atoms with Gasteiger partial charge < -0.3 is 15.0 Å². The summed E-state index contributed by atoms with van der Waals surface area (Å²) in [5.74, 6) is -0.965. The maximum atomic E-state index is 12.2. The molecule has 5 nitrogen and oxygen atoms in total. The van der Waals surface area contributed by atoms with E-state index in [9.17, 15) is 9.59 Å². The van der Waals surface area contributed by atoms with Gasteiger partial charge in [-0.1, -0.05) is 30.3 Å². The molecule has 2 aromatic carbocycles. The molecule has 0 spiro atoms. The number of anilines is 1. The summed E-state index contributed by atoms with van der Waals surface area (Å²) in [5.41, 5.74) is 2.38. The average Bonchev–Trinajstić information content (AvgIpc) is 2.61. The summed E-state index contributed by atoms with van der Waals surface area (Å²) in [5, 5.41) is 2.61. The molecule has 0 aliphatic heterocycles. The van der Waals surface area contributed by atoms with Gasteiger partial charge in [-0.2, -0.15) is 0 Å². The first-order chi connectivity index (χ1) is 11.5. The molecule has 0 fully saturated rings. The van der Waals surface area contributed by atoms with Gasteiger partial charge >= 0.3 is 5.97 Å². The van der Waals surface area contributed by atoms with Crippen molar-refractivity contribution >= 4 is 23.6 Å². The third-order valence-electron chi connectivity index (χ3n) is 3.41. The van der Waals surface area contributed by atoms with Gasteiger partial charge in [0.2, 0.25) is 0 Å². The summed E-state index contributed by atoms with van der Waals surface area (Å²) < 4.78 is 4.75. The Morgan fingerprint density at radius 3 is 2.17 bits per heavy atom. The van der Waals surface area contributed by atoms with E-state index in [0.29, 0.717) is 5.56 Å². The van der Waals surface area contributed by atoms with Crippen LogP contribution in [-0.4, -0.2) is 33.1 Å². The van der Waals surface area contributed by atoms with Crippen molar-refractivity contribution in [1.82, 2.24) is 5.32 Å². The third-order valence-corrected chi connectivity index (χ3v) is 3.41. The van der Waals surface area contributed by atoms with Gasteiger partial charge in [-0.15, -0.1) is 0 Å². The molecule has 1 amide bonds. The predicted octanol–water partition coefficient (Wildman–Crippen LogP) is 2.70. The van der Waals surface area contributed by atoms with E-state index in [-0.39, 0.29) is 11.6 Å². The number of benzene rings is 2. The Hall–Kier alpha value is -3.08. The van der Waals surface area contributed by atoms with Crippen LogP contribution in [0, 0.1) is 0 Å². The summed E-state index contributed by atoms with van der Waals surface area (Å²) >= 11 is 0. The highest BCUT2D eigenvalue weighted by Gasteiger charge is 2.14. The van der Waals surface area contributed by atoms with Crippen molar-refractivity contribution in [2.24, 2.45) is 0 Å². The van der Waals surface area contributed by atoms with Crippen molar-refractivity contribution in [2.75, 3.05) is 26.1 Å². The zero-order chi connectivity index (χ0) is 17.5. The summed E-state index contributed by atoms with van der Waals surface area (Å²) in [7, 11) is 5.18. The second kappa shape index (κ2) is 7.97. The molecule has 1 N–H and O–H groups in total. The van der Waals surface area contributed by atoms with Gasteiger partial charge in [0, 0.05) is 25.3 Å². The summed E-state index contributed by atoms with van der Waals surface area (Å²) in [4.78, 5) is 26.2. The van der Waals surface area contributed by atoms with E-state index < -0.39 is 5.97 Å². The minimum absolute atomic E-state index is 0.0870. The van der Waals surface area contributed by atoms with Gasteiger partial charge in [-0.3, -0.25) is 4.79 Å². The maximum absolute atomic E-state index is 12.2. The zero-order valence-electron chi connectivity index (χ0n) is 13.9. The SMILES string of the molecule is COC(=O)/C(=C/c1ccc(N(C)C)cc1)NC(=O)c1ccccc1. The van der Waals surface area contributed by atoms with Crippen molar-refractivity contribution in [3.63, 3.8) is 0 Å². The van der Waals surface area contributed by atoms with E-state index in [1.165, 1.54) is 7.11 Å². The normalized spacial score (nSPS) is 10.9. The van der Waals surface area contributed by atoms with Crippen LogP contribution in [0.3, 0.4) is 0 Å². The van der Waals surface area contributed by atoms with E-state index in [0.717, 1.165) is 11.3 Å². The smallest absolute Gasteiger partial charge is 0.354 e. The molecule has 0 aliphatic carbocycles. The number of nitrogens with one attached hydrogen (secondary N) is 1. The van der Waals surface area contributed by atoms with Gasteiger partial charge in [-0.05, 0) is 35.9 Å². The minimum atomic E-state index is -0.601. The number of ether oxygens (including phenoxy) is 1. The van der Waals surface area contributed by atoms with Gasteiger partial charge in [0.05, 0.1) is 7.11 Å². The van der Waals surface area contributed by atoms with Crippen molar-refractivity contribution in [2.45, 2.75) is 0 Å². The molecule has 0 saturated heterocycles. The van der Waals surface area contributed by atoms with E-state index in [1.54, 1.807) is 30.3 Å². The molecule has 0 saturated carbocycles. The number of methoxy groups -OCH3 is 1. The lowest BCUT2D eigenvalue weighted by Gasteiger charge is -2.12. The highest BCUT2D eigenvalue weighted by molar-refractivity contribution is 6.03.